The van der Waals surface area contributed by atoms with Crippen LogP contribution >= 0.6 is 12.9 Å². The molecule has 2 aromatic rings. The highest BCUT2D eigenvalue weighted by atomic mass is 32.1. The lowest BCUT2D eigenvalue weighted by atomic mass is 10.2. The number of aliphatic hydroxyl groups excluding tert-OH is 1. The standard InChI is InChI=1S/C10H13N5O3S/c11-9-8-10(13-3-12-9)15(4-14-8)7-1-5(16)6(18-7)2-17-19/h3-7,16,19H,1-2H2,(H2,11,12,13)/t5-,6+,7+/m0/s1. The normalized spacial score (nSPS) is 27.2. The van der Waals surface area contributed by atoms with Crippen LogP contribution in [0.5, 0.6) is 0 Å². The number of imidazole rings is 1. The minimum atomic E-state index is -0.617. The van der Waals surface area contributed by atoms with E-state index in [1.165, 1.54) is 6.33 Å². The first-order chi connectivity index (χ1) is 9.20. The number of nitrogen functional groups attached to an aromatic ring is 1. The molecule has 1 saturated heterocycles. The average Bonchev–Trinajstić information content (AvgIpc) is 2.95. The molecular weight excluding hydrogens is 270 g/mol. The lowest BCUT2D eigenvalue weighted by molar-refractivity contribution is -0.0346. The number of rotatable bonds is 3. The summed E-state index contributed by atoms with van der Waals surface area (Å²) in [6.45, 7) is 0.213. The summed E-state index contributed by atoms with van der Waals surface area (Å²) in [5.41, 5.74) is 6.83. The van der Waals surface area contributed by atoms with Crippen LogP contribution in [0, 0.1) is 0 Å². The minimum absolute atomic E-state index is 0.213. The number of ether oxygens (including phenoxy) is 1. The molecule has 3 heterocycles. The fourth-order valence-electron chi connectivity index (χ4n) is 2.19. The maximum atomic E-state index is 9.89. The van der Waals surface area contributed by atoms with E-state index in [1.54, 1.807) is 10.9 Å². The zero-order valence-electron chi connectivity index (χ0n) is 9.88. The SMILES string of the molecule is Nc1ncnc2c1ncn2[C@H]1C[C@H](O)[C@@H](COS)O1. The van der Waals surface area contributed by atoms with E-state index in [9.17, 15) is 5.11 Å². The van der Waals surface area contributed by atoms with Gasteiger partial charge in [0, 0.05) is 6.42 Å². The van der Waals surface area contributed by atoms with Crippen molar-refractivity contribution >= 4 is 29.9 Å². The fraction of sp³-hybridized carbons (Fsp3) is 0.500. The van der Waals surface area contributed by atoms with E-state index in [2.05, 4.69) is 27.9 Å². The van der Waals surface area contributed by atoms with Crippen LogP contribution in [0.25, 0.3) is 11.2 Å². The van der Waals surface area contributed by atoms with Gasteiger partial charge in [-0.05, 0) is 12.9 Å². The highest BCUT2D eigenvalue weighted by Crippen LogP contribution is 2.31. The van der Waals surface area contributed by atoms with Gasteiger partial charge in [0.25, 0.3) is 0 Å². The molecule has 0 bridgehead atoms. The number of thiol groups is 1. The van der Waals surface area contributed by atoms with E-state index in [0.29, 0.717) is 23.4 Å². The van der Waals surface area contributed by atoms with Crippen molar-refractivity contribution in [3.05, 3.63) is 12.7 Å². The molecule has 102 valence electrons. The van der Waals surface area contributed by atoms with E-state index < -0.39 is 12.2 Å². The highest BCUT2D eigenvalue weighted by Gasteiger charge is 2.35. The third kappa shape index (κ3) is 2.14. The van der Waals surface area contributed by atoms with Crippen LogP contribution in [0.2, 0.25) is 0 Å². The van der Waals surface area contributed by atoms with Crippen molar-refractivity contribution in [2.75, 3.05) is 12.3 Å². The monoisotopic (exact) mass is 283 g/mol. The van der Waals surface area contributed by atoms with Crippen LogP contribution in [-0.2, 0) is 8.92 Å². The summed E-state index contributed by atoms with van der Waals surface area (Å²) in [5.74, 6) is 0.317. The third-order valence-electron chi connectivity index (χ3n) is 3.14. The average molecular weight is 283 g/mol. The van der Waals surface area contributed by atoms with Gasteiger partial charge in [0.05, 0.1) is 19.0 Å². The molecule has 0 unspecified atom stereocenters. The molecule has 8 nitrogen and oxygen atoms in total. The predicted molar refractivity (Wildman–Crippen MR) is 69.2 cm³/mol. The molecule has 1 aliphatic heterocycles. The molecule has 3 N–H and O–H groups in total. The largest absolute Gasteiger partial charge is 0.390 e. The zero-order valence-corrected chi connectivity index (χ0v) is 10.8. The molecule has 1 aliphatic rings. The van der Waals surface area contributed by atoms with Crippen LogP contribution in [0.15, 0.2) is 12.7 Å². The molecule has 3 atom stereocenters. The number of aliphatic hydroxyl groups is 1. The van der Waals surface area contributed by atoms with Crippen molar-refractivity contribution in [1.82, 2.24) is 19.5 Å². The Labute approximate surface area is 114 Å². The van der Waals surface area contributed by atoms with Gasteiger partial charge in [-0.2, -0.15) is 0 Å². The number of nitrogens with zero attached hydrogens (tertiary/aromatic N) is 4. The Kier molecular flexibility index (Phi) is 3.27. The first kappa shape index (κ1) is 12.6. The number of nitrogens with two attached hydrogens (primary N) is 1. The smallest absolute Gasteiger partial charge is 0.167 e. The maximum absolute atomic E-state index is 9.89. The molecule has 1 fully saturated rings. The minimum Gasteiger partial charge on any atom is -0.390 e. The molecule has 0 aromatic carbocycles. The summed E-state index contributed by atoms with van der Waals surface area (Å²) in [4.78, 5) is 12.2. The number of hydrogen-bond donors (Lipinski definition) is 3. The second kappa shape index (κ2) is 4.93. The predicted octanol–water partition coefficient (Wildman–Crippen LogP) is -0.0817. The summed E-state index contributed by atoms with van der Waals surface area (Å²) in [6.07, 6.45) is 1.99. The van der Waals surface area contributed by atoms with Gasteiger partial charge in [0.1, 0.15) is 24.2 Å². The Hall–Kier alpha value is -1.42. The maximum Gasteiger partial charge on any atom is 0.167 e. The van der Waals surface area contributed by atoms with Gasteiger partial charge in [-0.3, -0.25) is 4.57 Å². The van der Waals surface area contributed by atoms with E-state index >= 15 is 0 Å². The van der Waals surface area contributed by atoms with Crippen molar-refractivity contribution < 1.29 is 14.0 Å². The van der Waals surface area contributed by atoms with Crippen molar-refractivity contribution in [1.29, 1.82) is 0 Å². The molecule has 0 radical (unpaired) electrons. The van der Waals surface area contributed by atoms with Crippen LogP contribution in [0.1, 0.15) is 12.6 Å². The summed E-state index contributed by atoms with van der Waals surface area (Å²) < 4.78 is 12.1. The zero-order chi connectivity index (χ0) is 13.4. The summed E-state index contributed by atoms with van der Waals surface area (Å²) in [5, 5.41) is 9.89. The lowest BCUT2D eigenvalue weighted by Gasteiger charge is -2.14. The summed E-state index contributed by atoms with van der Waals surface area (Å²) in [7, 11) is 0. The van der Waals surface area contributed by atoms with Crippen molar-refractivity contribution in [2.24, 2.45) is 0 Å². The van der Waals surface area contributed by atoms with Crippen LogP contribution in [-0.4, -0.2) is 43.4 Å². The molecular formula is C10H13N5O3S. The van der Waals surface area contributed by atoms with Gasteiger partial charge in [0.15, 0.2) is 11.5 Å². The Balaban J connectivity index is 1.91. The first-order valence-corrected chi connectivity index (χ1v) is 6.10. The molecule has 0 spiro atoms. The Morgan fingerprint density at radius 1 is 1.53 bits per heavy atom. The molecule has 0 aliphatic carbocycles. The third-order valence-corrected chi connectivity index (χ3v) is 3.29. The molecule has 19 heavy (non-hydrogen) atoms. The number of anilines is 1. The van der Waals surface area contributed by atoms with Crippen molar-refractivity contribution in [3.63, 3.8) is 0 Å². The van der Waals surface area contributed by atoms with Gasteiger partial charge in [-0.1, -0.05) is 0 Å². The van der Waals surface area contributed by atoms with Crippen molar-refractivity contribution in [3.8, 4) is 0 Å². The molecule has 0 amide bonds. The van der Waals surface area contributed by atoms with Crippen LogP contribution < -0.4 is 5.73 Å². The topological polar surface area (TPSA) is 108 Å². The second-order valence-corrected chi connectivity index (χ2v) is 4.57. The first-order valence-electron chi connectivity index (χ1n) is 5.73. The Bertz CT molecular complexity index is 592. The molecule has 9 heteroatoms. The Morgan fingerprint density at radius 2 is 2.37 bits per heavy atom. The second-order valence-electron chi connectivity index (χ2n) is 4.31. The lowest BCUT2D eigenvalue weighted by Crippen LogP contribution is -2.24. The fourth-order valence-corrected chi connectivity index (χ4v) is 2.34. The van der Waals surface area contributed by atoms with Gasteiger partial charge < -0.3 is 19.8 Å². The molecule has 0 saturated carbocycles. The number of hydrogen-bond acceptors (Lipinski definition) is 8. The van der Waals surface area contributed by atoms with Gasteiger partial charge in [-0.15, -0.1) is 0 Å². The quantitative estimate of drug-likeness (QED) is 0.534. The van der Waals surface area contributed by atoms with E-state index in [1.807, 2.05) is 0 Å². The van der Waals surface area contributed by atoms with Crippen molar-refractivity contribution in [2.45, 2.75) is 24.9 Å². The number of aromatic nitrogens is 4. The Morgan fingerprint density at radius 3 is 3.16 bits per heavy atom. The molecule has 2 aromatic heterocycles. The number of fused-ring (bicyclic) bond motifs is 1. The van der Waals surface area contributed by atoms with Gasteiger partial charge in [-0.25, -0.2) is 15.0 Å². The molecule has 3 rings (SSSR count). The highest BCUT2D eigenvalue weighted by molar-refractivity contribution is 7.75. The van der Waals surface area contributed by atoms with E-state index in [-0.39, 0.29) is 12.8 Å². The summed E-state index contributed by atoms with van der Waals surface area (Å²) in [6, 6.07) is 0. The van der Waals surface area contributed by atoms with E-state index in [4.69, 9.17) is 14.7 Å². The van der Waals surface area contributed by atoms with E-state index in [0.717, 1.165) is 0 Å². The van der Waals surface area contributed by atoms with Gasteiger partial charge in [0.2, 0.25) is 0 Å². The van der Waals surface area contributed by atoms with Gasteiger partial charge >= 0.3 is 0 Å². The van der Waals surface area contributed by atoms with Crippen LogP contribution in [0.4, 0.5) is 5.82 Å². The summed E-state index contributed by atoms with van der Waals surface area (Å²) >= 11 is 3.67. The van der Waals surface area contributed by atoms with Crippen LogP contribution in [0.3, 0.4) is 0 Å².